The van der Waals surface area contributed by atoms with Gasteiger partial charge < -0.3 is 9.64 Å². The van der Waals surface area contributed by atoms with E-state index in [-0.39, 0.29) is 25.6 Å². The minimum atomic E-state index is -4.25. The second-order valence-electron chi connectivity index (χ2n) is 5.99. The molecule has 1 aromatic rings. The Labute approximate surface area is 132 Å². The SMILES string of the molecule is O=C(C1CN(CC(F)(F)F)CCO1)N1CCc2ccccc2C1. The summed E-state index contributed by atoms with van der Waals surface area (Å²) in [6.07, 6.45) is -4.30. The van der Waals surface area contributed by atoms with E-state index in [1.54, 1.807) is 4.90 Å². The third-order valence-corrected chi connectivity index (χ3v) is 4.27. The van der Waals surface area contributed by atoms with Crippen LogP contribution in [0.4, 0.5) is 13.2 Å². The number of hydrogen-bond acceptors (Lipinski definition) is 3. The fraction of sp³-hybridized carbons (Fsp3) is 0.562. The normalized spacial score (nSPS) is 22.7. The number of alkyl halides is 3. The van der Waals surface area contributed by atoms with E-state index in [2.05, 4.69) is 0 Å². The first-order valence-electron chi connectivity index (χ1n) is 7.69. The van der Waals surface area contributed by atoms with E-state index in [0.29, 0.717) is 13.1 Å². The van der Waals surface area contributed by atoms with Gasteiger partial charge >= 0.3 is 6.18 Å². The first-order chi connectivity index (χ1) is 10.9. The average Bonchev–Trinajstić information content (AvgIpc) is 2.52. The first-order valence-corrected chi connectivity index (χ1v) is 7.69. The number of amides is 1. The van der Waals surface area contributed by atoms with Gasteiger partial charge in [-0.15, -0.1) is 0 Å². The van der Waals surface area contributed by atoms with Gasteiger partial charge in [0.1, 0.15) is 6.10 Å². The Morgan fingerprint density at radius 3 is 2.70 bits per heavy atom. The molecule has 0 spiro atoms. The summed E-state index contributed by atoms with van der Waals surface area (Å²) in [6.45, 7) is 0.422. The highest BCUT2D eigenvalue weighted by atomic mass is 19.4. The van der Waals surface area contributed by atoms with Crippen LogP contribution in [0, 0.1) is 0 Å². The fourth-order valence-corrected chi connectivity index (χ4v) is 3.14. The predicted molar refractivity (Wildman–Crippen MR) is 77.8 cm³/mol. The third kappa shape index (κ3) is 4.03. The molecule has 0 aromatic heterocycles. The van der Waals surface area contributed by atoms with E-state index in [0.717, 1.165) is 12.0 Å². The Hall–Kier alpha value is -1.60. The van der Waals surface area contributed by atoms with Crippen LogP contribution in [-0.2, 0) is 22.5 Å². The molecule has 2 aliphatic heterocycles. The molecule has 1 atom stereocenters. The molecule has 0 radical (unpaired) electrons. The monoisotopic (exact) mass is 328 g/mol. The zero-order chi connectivity index (χ0) is 16.4. The van der Waals surface area contributed by atoms with Crippen molar-refractivity contribution in [2.75, 3.05) is 32.8 Å². The molecule has 0 bridgehead atoms. The molecule has 126 valence electrons. The van der Waals surface area contributed by atoms with Crippen LogP contribution in [0.1, 0.15) is 11.1 Å². The smallest absolute Gasteiger partial charge is 0.366 e. The maximum absolute atomic E-state index is 12.6. The van der Waals surface area contributed by atoms with Gasteiger partial charge in [-0.3, -0.25) is 9.69 Å². The average molecular weight is 328 g/mol. The number of benzene rings is 1. The summed E-state index contributed by atoms with van der Waals surface area (Å²) in [6, 6.07) is 7.91. The number of fused-ring (bicyclic) bond motifs is 1. The van der Waals surface area contributed by atoms with Crippen LogP contribution in [0.25, 0.3) is 0 Å². The van der Waals surface area contributed by atoms with Crippen LogP contribution in [0.3, 0.4) is 0 Å². The van der Waals surface area contributed by atoms with Crippen LogP contribution in [0.5, 0.6) is 0 Å². The molecule has 1 unspecified atom stereocenters. The maximum atomic E-state index is 12.6. The topological polar surface area (TPSA) is 32.8 Å². The summed E-state index contributed by atoms with van der Waals surface area (Å²) >= 11 is 0. The largest absolute Gasteiger partial charge is 0.401 e. The second kappa shape index (κ2) is 6.49. The van der Waals surface area contributed by atoms with Gasteiger partial charge in [0.15, 0.2) is 0 Å². The van der Waals surface area contributed by atoms with Gasteiger partial charge in [-0.1, -0.05) is 24.3 Å². The van der Waals surface area contributed by atoms with Crippen LogP contribution in [-0.4, -0.2) is 60.8 Å². The van der Waals surface area contributed by atoms with E-state index < -0.39 is 18.8 Å². The lowest BCUT2D eigenvalue weighted by atomic mass is 9.99. The van der Waals surface area contributed by atoms with Crippen molar-refractivity contribution in [1.82, 2.24) is 9.80 Å². The molecule has 0 aliphatic carbocycles. The van der Waals surface area contributed by atoms with Crippen molar-refractivity contribution in [3.8, 4) is 0 Å². The Balaban J connectivity index is 1.62. The first kappa shape index (κ1) is 16.3. The standard InChI is InChI=1S/C16H19F3N2O2/c17-16(18,19)11-20-7-8-23-14(10-20)15(22)21-6-5-12-3-1-2-4-13(12)9-21/h1-4,14H,5-11H2. The van der Waals surface area contributed by atoms with Crippen molar-refractivity contribution < 1.29 is 22.7 Å². The molecule has 3 rings (SSSR count). The van der Waals surface area contributed by atoms with Crippen LogP contribution in [0.2, 0.25) is 0 Å². The van der Waals surface area contributed by atoms with Crippen molar-refractivity contribution in [3.05, 3.63) is 35.4 Å². The molecule has 0 saturated carbocycles. The second-order valence-corrected chi connectivity index (χ2v) is 5.99. The van der Waals surface area contributed by atoms with E-state index >= 15 is 0 Å². The lowest BCUT2D eigenvalue weighted by Gasteiger charge is -2.36. The third-order valence-electron chi connectivity index (χ3n) is 4.27. The minimum absolute atomic E-state index is 0.00348. The van der Waals surface area contributed by atoms with Crippen LogP contribution < -0.4 is 0 Å². The molecule has 1 aromatic carbocycles. The quantitative estimate of drug-likeness (QED) is 0.830. The molecule has 23 heavy (non-hydrogen) atoms. The summed E-state index contributed by atoms with van der Waals surface area (Å²) in [4.78, 5) is 15.5. The highest BCUT2D eigenvalue weighted by Gasteiger charge is 2.36. The summed E-state index contributed by atoms with van der Waals surface area (Å²) in [5, 5.41) is 0. The van der Waals surface area contributed by atoms with E-state index in [4.69, 9.17) is 4.74 Å². The lowest BCUT2D eigenvalue weighted by molar-refractivity contribution is -0.169. The van der Waals surface area contributed by atoms with Gasteiger partial charge in [0.05, 0.1) is 13.2 Å². The summed E-state index contributed by atoms with van der Waals surface area (Å²) in [5.41, 5.74) is 2.31. The Morgan fingerprint density at radius 1 is 1.22 bits per heavy atom. The molecule has 2 aliphatic rings. The number of morpholine rings is 1. The van der Waals surface area contributed by atoms with Crippen molar-refractivity contribution in [2.24, 2.45) is 0 Å². The number of carbonyl (C=O) groups excluding carboxylic acids is 1. The highest BCUT2D eigenvalue weighted by molar-refractivity contribution is 5.81. The van der Waals surface area contributed by atoms with Gasteiger partial charge in [0, 0.05) is 26.2 Å². The summed E-state index contributed by atoms with van der Waals surface area (Å²) in [5.74, 6) is -0.216. The molecular formula is C16H19F3N2O2. The van der Waals surface area contributed by atoms with Crippen molar-refractivity contribution >= 4 is 5.91 Å². The zero-order valence-corrected chi connectivity index (χ0v) is 12.7. The van der Waals surface area contributed by atoms with Crippen molar-refractivity contribution in [3.63, 3.8) is 0 Å². The highest BCUT2D eigenvalue weighted by Crippen LogP contribution is 2.22. The molecule has 7 heteroatoms. The number of hydrogen-bond donors (Lipinski definition) is 0. The number of nitrogens with zero attached hydrogens (tertiary/aromatic N) is 2. The molecule has 1 amide bonds. The predicted octanol–water partition coefficient (Wildman–Crippen LogP) is 1.83. The van der Waals surface area contributed by atoms with Gasteiger partial charge in [0.2, 0.25) is 0 Å². The van der Waals surface area contributed by atoms with Gasteiger partial charge in [-0.25, -0.2) is 0 Å². The number of carbonyl (C=O) groups is 1. The fourth-order valence-electron chi connectivity index (χ4n) is 3.14. The molecule has 4 nitrogen and oxygen atoms in total. The number of halogens is 3. The van der Waals surface area contributed by atoms with Gasteiger partial charge in [-0.05, 0) is 17.5 Å². The van der Waals surface area contributed by atoms with Crippen LogP contribution >= 0.6 is 0 Å². The maximum Gasteiger partial charge on any atom is 0.401 e. The van der Waals surface area contributed by atoms with Gasteiger partial charge in [-0.2, -0.15) is 13.2 Å². The van der Waals surface area contributed by atoms with Crippen molar-refractivity contribution in [1.29, 1.82) is 0 Å². The Kier molecular flexibility index (Phi) is 4.59. The lowest BCUT2D eigenvalue weighted by Crippen LogP contribution is -2.53. The van der Waals surface area contributed by atoms with E-state index in [1.807, 2.05) is 24.3 Å². The van der Waals surface area contributed by atoms with Crippen molar-refractivity contribution in [2.45, 2.75) is 25.2 Å². The van der Waals surface area contributed by atoms with Gasteiger partial charge in [0.25, 0.3) is 5.91 Å². The summed E-state index contributed by atoms with van der Waals surface area (Å²) < 4.78 is 43.0. The molecule has 1 saturated heterocycles. The van der Waals surface area contributed by atoms with Crippen LogP contribution in [0.15, 0.2) is 24.3 Å². The minimum Gasteiger partial charge on any atom is -0.366 e. The number of rotatable bonds is 2. The van der Waals surface area contributed by atoms with E-state index in [9.17, 15) is 18.0 Å². The molecule has 0 N–H and O–H groups in total. The Morgan fingerprint density at radius 2 is 1.96 bits per heavy atom. The molecule has 2 heterocycles. The number of ether oxygens (including phenoxy) is 1. The Bertz CT molecular complexity index is 577. The summed E-state index contributed by atoms with van der Waals surface area (Å²) in [7, 11) is 0. The molecule has 1 fully saturated rings. The zero-order valence-electron chi connectivity index (χ0n) is 12.7. The van der Waals surface area contributed by atoms with E-state index in [1.165, 1.54) is 10.5 Å². The molecular weight excluding hydrogens is 309 g/mol.